The summed E-state index contributed by atoms with van der Waals surface area (Å²) in [6.45, 7) is 0.437. The molecule has 31 heavy (non-hydrogen) atoms. The van der Waals surface area contributed by atoms with Gasteiger partial charge in [0.1, 0.15) is 11.6 Å². The van der Waals surface area contributed by atoms with Crippen molar-refractivity contribution in [2.75, 3.05) is 0 Å². The van der Waals surface area contributed by atoms with Crippen molar-refractivity contribution in [2.45, 2.75) is 25.8 Å². The van der Waals surface area contributed by atoms with Crippen LogP contribution < -0.4 is 10.9 Å². The van der Waals surface area contributed by atoms with Crippen LogP contribution in [0.15, 0.2) is 65.7 Å². The van der Waals surface area contributed by atoms with Gasteiger partial charge < -0.3 is 5.32 Å². The van der Waals surface area contributed by atoms with E-state index in [0.29, 0.717) is 42.3 Å². The Hall–Kier alpha value is -3.52. The smallest absolute Gasteiger partial charge is 0.300 e. The number of nitrogens with zero attached hydrogens (tertiary/aromatic N) is 4. The fourth-order valence-corrected chi connectivity index (χ4v) is 3.33. The van der Waals surface area contributed by atoms with Gasteiger partial charge in [-0.25, -0.2) is 4.39 Å². The van der Waals surface area contributed by atoms with E-state index in [-0.39, 0.29) is 22.9 Å². The highest BCUT2D eigenvalue weighted by molar-refractivity contribution is 6.30. The molecular weight excluding hydrogens is 421 g/mol. The Morgan fingerprint density at radius 1 is 1.03 bits per heavy atom. The number of benzene rings is 2. The minimum absolute atomic E-state index is 0.0672. The molecule has 0 fully saturated rings. The number of fused-ring (bicyclic) bond motifs is 1. The maximum Gasteiger partial charge on any atom is 0.300 e. The van der Waals surface area contributed by atoms with E-state index in [4.69, 9.17) is 11.6 Å². The molecule has 0 saturated heterocycles. The monoisotopic (exact) mass is 439 g/mol. The van der Waals surface area contributed by atoms with Crippen molar-refractivity contribution in [3.8, 4) is 5.69 Å². The summed E-state index contributed by atoms with van der Waals surface area (Å²) >= 11 is 5.85. The van der Waals surface area contributed by atoms with Gasteiger partial charge in [0.2, 0.25) is 11.6 Å². The maximum atomic E-state index is 13.1. The lowest BCUT2D eigenvalue weighted by molar-refractivity contribution is -0.121. The topological polar surface area (TPSA) is 81.3 Å². The van der Waals surface area contributed by atoms with E-state index in [1.807, 2.05) is 12.1 Å². The fourth-order valence-electron chi connectivity index (χ4n) is 3.21. The molecule has 0 radical (unpaired) electrons. The third-order valence-corrected chi connectivity index (χ3v) is 5.11. The zero-order valence-electron chi connectivity index (χ0n) is 16.5. The molecule has 4 rings (SSSR count). The standard InChI is InChI=1S/C22H19ClFN5O2/c23-16-6-4-15(5-7-16)14-25-20(30)3-1-2-19-26-27-21-22(31)28(12-13-29(19)21)18-10-8-17(24)9-11-18/h4-13H,1-3,14H2,(H,25,30). The van der Waals surface area contributed by atoms with Gasteiger partial charge in [-0.3, -0.25) is 18.6 Å². The van der Waals surface area contributed by atoms with Crippen LogP contribution in [-0.2, 0) is 17.8 Å². The van der Waals surface area contributed by atoms with Crippen molar-refractivity contribution in [1.29, 1.82) is 0 Å². The largest absolute Gasteiger partial charge is 0.352 e. The molecule has 9 heteroatoms. The van der Waals surface area contributed by atoms with Crippen LogP contribution in [0.5, 0.6) is 0 Å². The van der Waals surface area contributed by atoms with Gasteiger partial charge in [0.05, 0.1) is 0 Å². The molecule has 2 aromatic carbocycles. The molecule has 0 bridgehead atoms. The Kier molecular flexibility index (Phi) is 6.08. The van der Waals surface area contributed by atoms with Gasteiger partial charge in [-0.15, -0.1) is 10.2 Å². The van der Waals surface area contributed by atoms with Gasteiger partial charge in [0, 0.05) is 42.5 Å². The molecule has 158 valence electrons. The number of aromatic nitrogens is 4. The van der Waals surface area contributed by atoms with Gasteiger partial charge >= 0.3 is 5.56 Å². The van der Waals surface area contributed by atoms with E-state index >= 15 is 0 Å². The van der Waals surface area contributed by atoms with Gasteiger partial charge in [-0.1, -0.05) is 23.7 Å². The van der Waals surface area contributed by atoms with E-state index in [9.17, 15) is 14.0 Å². The first-order valence-electron chi connectivity index (χ1n) is 9.73. The second kappa shape index (κ2) is 9.09. The molecule has 2 aromatic heterocycles. The van der Waals surface area contributed by atoms with Gasteiger partial charge in [0.25, 0.3) is 0 Å². The summed E-state index contributed by atoms with van der Waals surface area (Å²) in [6, 6.07) is 12.9. The van der Waals surface area contributed by atoms with Gasteiger partial charge in [-0.05, 0) is 48.4 Å². The molecular formula is C22H19ClFN5O2. The first-order valence-corrected chi connectivity index (χ1v) is 10.1. The van der Waals surface area contributed by atoms with Crippen LogP contribution in [0.4, 0.5) is 4.39 Å². The lowest BCUT2D eigenvalue weighted by Gasteiger charge is -2.07. The zero-order chi connectivity index (χ0) is 21.8. The lowest BCUT2D eigenvalue weighted by atomic mass is 10.2. The summed E-state index contributed by atoms with van der Waals surface area (Å²) in [5.41, 5.74) is 1.33. The molecule has 0 atom stereocenters. The molecule has 0 saturated carbocycles. The molecule has 0 aliphatic heterocycles. The molecule has 0 aliphatic carbocycles. The minimum atomic E-state index is -0.375. The molecule has 7 nitrogen and oxygen atoms in total. The fraction of sp³-hybridized carbons (Fsp3) is 0.182. The van der Waals surface area contributed by atoms with E-state index in [2.05, 4.69) is 15.5 Å². The normalized spacial score (nSPS) is 11.0. The van der Waals surface area contributed by atoms with Gasteiger partial charge in [0.15, 0.2) is 0 Å². The first-order chi connectivity index (χ1) is 15.0. The number of hydrogen-bond donors (Lipinski definition) is 1. The third kappa shape index (κ3) is 4.80. The van der Waals surface area contributed by atoms with Crippen LogP contribution in [-0.4, -0.2) is 25.1 Å². The van der Waals surface area contributed by atoms with Gasteiger partial charge in [-0.2, -0.15) is 0 Å². The van der Waals surface area contributed by atoms with Crippen LogP contribution in [0.25, 0.3) is 11.3 Å². The number of carbonyl (C=O) groups is 1. The van der Waals surface area contributed by atoms with Crippen LogP contribution in [0.2, 0.25) is 5.02 Å². The molecule has 4 aromatic rings. The average Bonchev–Trinajstić information content (AvgIpc) is 3.18. The average molecular weight is 440 g/mol. The van der Waals surface area contributed by atoms with Crippen molar-refractivity contribution in [3.05, 3.63) is 93.5 Å². The number of aryl methyl sites for hydroxylation is 1. The lowest BCUT2D eigenvalue weighted by Crippen LogP contribution is -2.22. The summed E-state index contributed by atoms with van der Waals surface area (Å²) in [6.07, 6.45) is 4.67. The number of amides is 1. The first kappa shape index (κ1) is 20.7. The summed E-state index contributed by atoms with van der Waals surface area (Å²) in [5, 5.41) is 11.6. The highest BCUT2D eigenvalue weighted by Gasteiger charge is 2.12. The Morgan fingerprint density at radius 3 is 2.52 bits per heavy atom. The Bertz CT molecular complexity index is 1270. The number of hydrogen-bond acceptors (Lipinski definition) is 4. The SMILES string of the molecule is O=C(CCCc1nnc2c(=O)n(-c3ccc(F)cc3)ccn12)NCc1ccc(Cl)cc1. The molecule has 2 heterocycles. The highest BCUT2D eigenvalue weighted by Crippen LogP contribution is 2.11. The number of nitrogens with one attached hydrogen (secondary N) is 1. The quantitative estimate of drug-likeness (QED) is 0.479. The number of rotatable bonds is 7. The summed E-state index contributed by atoms with van der Waals surface area (Å²) in [5.74, 6) is 0.158. The summed E-state index contributed by atoms with van der Waals surface area (Å²) in [7, 11) is 0. The van der Waals surface area contributed by atoms with Crippen molar-refractivity contribution in [1.82, 2.24) is 24.5 Å². The predicted molar refractivity (Wildman–Crippen MR) is 115 cm³/mol. The van der Waals surface area contributed by atoms with E-state index in [1.165, 1.54) is 28.8 Å². The number of carbonyl (C=O) groups excluding carboxylic acids is 1. The second-order valence-electron chi connectivity index (χ2n) is 7.02. The Balaban J connectivity index is 1.37. The van der Waals surface area contributed by atoms with Crippen molar-refractivity contribution in [3.63, 3.8) is 0 Å². The molecule has 0 unspecified atom stereocenters. The third-order valence-electron chi connectivity index (χ3n) is 4.85. The van der Waals surface area contributed by atoms with Crippen LogP contribution in [0, 0.1) is 5.82 Å². The predicted octanol–water partition coefficient (Wildman–Crippen LogP) is 3.31. The van der Waals surface area contributed by atoms with Crippen molar-refractivity contribution in [2.24, 2.45) is 0 Å². The second-order valence-corrected chi connectivity index (χ2v) is 7.45. The van der Waals surface area contributed by atoms with Crippen LogP contribution in [0.3, 0.4) is 0 Å². The minimum Gasteiger partial charge on any atom is -0.352 e. The van der Waals surface area contributed by atoms with Crippen molar-refractivity contribution < 1.29 is 9.18 Å². The van der Waals surface area contributed by atoms with Crippen LogP contribution in [0.1, 0.15) is 24.2 Å². The molecule has 0 spiro atoms. The van der Waals surface area contributed by atoms with E-state index in [1.54, 1.807) is 28.9 Å². The zero-order valence-corrected chi connectivity index (χ0v) is 17.2. The summed E-state index contributed by atoms with van der Waals surface area (Å²) in [4.78, 5) is 24.8. The Morgan fingerprint density at radius 2 is 1.77 bits per heavy atom. The van der Waals surface area contributed by atoms with Crippen LogP contribution >= 0.6 is 11.6 Å². The van der Waals surface area contributed by atoms with E-state index < -0.39 is 0 Å². The highest BCUT2D eigenvalue weighted by atomic mass is 35.5. The summed E-state index contributed by atoms with van der Waals surface area (Å²) < 4.78 is 16.1. The molecule has 1 N–H and O–H groups in total. The number of halogens is 2. The molecule has 0 aliphatic rings. The maximum absolute atomic E-state index is 13.1. The Labute approximate surface area is 182 Å². The van der Waals surface area contributed by atoms with Crippen molar-refractivity contribution >= 4 is 23.2 Å². The van der Waals surface area contributed by atoms with E-state index in [0.717, 1.165) is 5.56 Å². The molecule has 1 amide bonds.